The van der Waals surface area contributed by atoms with E-state index in [2.05, 4.69) is 28.6 Å². The highest BCUT2D eigenvalue weighted by Crippen LogP contribution is 2.27. The largest absolute Gasteiger partial charge is 0.298 e. The minimum absolute atomic E-state index is 0.0501. The maximum absolute atomic E-state index is 13.4. The number of carbonyl (C=O) groups excluding carboxylic acids is 2. The first-order valence-electron chi connectivity index (χ1n) is 9.96. The van der Waals surface area contributed by atoms with Gasteiger partial charge in [0.25, 0.3) is 0 Å². The Hall–Kier alpha value is -2.34. The summed E-state index contributed by atoms with van der Waals surface area (Å²) in [6.07, 6.45) is 0. The van der Waals surface area contributed by atoms with Gasteiger partial charge in [-0.05, 0) is 38.1 Å². The highest BCUT2D eigenvalue weighted by Gasteiger charge is 2.42. The van der Waals surface area contributed by atoms with Gasteiger partial charge in [-0.2, -0.15) is 0 Å². The molecule has 0 amide bonds. The Morgan fingerprint density at radius 1 is 0.931 bits per heavy atom. The summed E-state index contributed by atoms with van der Waals surface area (Å²) < 4.78 is 0. The Labute approximate surface area is 176 Å². The molecule has 1 unspecified atom stereocenters. The standard InChI is InChI=1S/C23H24ClN3O2/c1-15(2)26-11-13-27(14-12-26)21-20(25-17-9-7-16(24)8-10-17)22(28)18-5-3-4-6-19(18)23(21)29/h3-10,15,21H,11-14H2,1-2H3. The van der Waals surface area contributed by atoms with E-state index in [1.165, 1.54) is 0 Å². The fourth-order valence-electron chi connectivity index (χ4n) is 4.05. The smallest absolute Gasteiger partial charge is 0.210 e. The van der Waals surface area contributed by atoms with E-state index >= 15 is 0 Å². The number of hydrogen-bond donors (Lipinski definition) is 0. The van der Waals surface area contributed by atoms with Crippen molar-refractivity contribution in [3.8, 4) is 0 Å². The number of piperazine rings is 1. The molecule has 1 heterocycles. The van der Waals surface area contributed by atoms with E-state index in [1.54, 1.807) is 48.5 Å². The summed E-state index contributed by atoms with van der Waals surface area (Å²) in [5.41, 5.74) is 1.84. The zero-order valence-electron chi connectivity index (χ0n) is 16.6. The van der Waals surface area contributed by atoms with Crippen molar-refractivity contribution in [2.75, 3.05) is 26.2 Å². The van der Waals surface area contributed by atoms with Crippen molar-refractivity contribution in [1.82, 2.24) is 9.80 Å². The molecule has 2 aromatic rings. The predicted molar refractivity (Wildman–Crippen MR) is 116 cm³/mol. The first-order valence-corrected chi connectivity index (χ1v) is 10.3. The molecule has 0 aromatic heterocycles. The van der Waals surface area contributed by atoms with Gasteiger partial charge in [-0.15, -0.1) is 0 Å². The SMILES string of the molecule is CC(C)N1CCN(C2C(=O)c3ccccc3C(=O)C2=Nc2ccc(Cl)cc2)CC1. The Bertz CT molecular complexity index is 960. The van der Waals surface area contributed by atoms with Gasteiger partial charge in [0.2, 0.25) is 5.78 Å². The van der Waals surface area contributed by atoms with Gasteiger partial charge in [-0.3, -0.25) is 19.4 Å². The van der Waals surface area contributed by atoms with E-state index in [4.69, 9.17) is 11.6 Å². The molecule has 1 aliphatic carbocycles. The molecule has 0 radical (unpaired) electrons. The number of rotatable bonds is 3. The van der Waals surface area contributed by atoms with Crippen LogP contribution in [0, 0.1) is 0 Å². The number of fused-ring (bicyclic) bond motifs is 1. The molecule has 0 spiro atoms. The third-order valence-corrected chi connectivity index (χ3v) is 5.95. The zero-order valence-corrected chi connectivity index (χ0v) is 17.4. The summed E-state index contributed by atoms with van der Waals surface area (Å²) in [6.45, 7) is 7.54. The van der Waals surface area contributed by atoms with Gasteiger partial charge >= 0.3 is 0 Å². The third-order valence-electron chi connectivity index (χ3n) is 5.70. The van der Waals surface area contributed by atoms with Crippen molar-refractivity contribution >= 4 is 34.6 Å². The molecule has 29 heavy (non-hydrogen) atoms. The van der Waals surface area contributed by atoms with Gasteiger partial charge in [0, 0.05) is 48.4 Å². The first-order chi connectivity index (χ1) is 14.0. The molecular weight excluding hydrogens is 386 g/mol. The van der Waals surface area contributed by atoms with E-state index in [1.807, 2.05) is 0 Å². The number of ketones is 2. The van der Waals surface area contributed by atoms with Gasteiger partial charge in [-0.1, -0.05) is 35.9 Å². The van der Waals surface area contributed by atoms with Crippen LogP contribution in [-0.4, -0.2) is 65.3 Å². The number of aliphatic imine (C=N–C) groups is 1. The summed E-state index contributed by atoms with van der Waals surface area (Å²) in [4.78, 5) is 35.9. The van der Waals surface area contributed by atoms with E-state index in [0.717, 1.165) is 26.2 Å². The molecule has 6 heteroatoms. The van der Waals surface area contributed by atoms with Crippen LogP contribution in [-0.2, 0) is 0 Å². The van der Waals surface area contributed by atoms with Gasteiger partial charge < -0.3 is 0 Å². The maximum atomic E-state index is 13.4. The van der Waals surface area contributed by atoms with Crippen molar-refractivity contribution in [3.63, 3.8) is 0 Å². The van der Waals surface area contributed by atoms with Crippen LogP contribution in [0.3, 0.4) is 0 Å². The Balaban J connectivity index is 1.74. The summed E-state index contributed by atoms with van der Waals surface area (Å²) in [5, 5.41) is 0.603. The monoisotopic (exact) mass is 409 g/mol. The molecule has 1 atom stereocenters. The summed E-state index contributed by atoms with van der Waals surface area (Å²) in [7, 11) is 0. The maximum Gasteiger partial charge on any atom is 0.210 e. The minimum Gasteiger partial charge on any atom is -0.298 e. The molecule has 2 aliphatic rings. The van der Waals surface area contributed by atoms with Crippen molar-refractivity contribution in [2.45, 2.75) is 25.9 Å². The molecule has 1 fully saturated rings. The summed E-state index contributed by atoms with van der Waals surface area (Å²) in [5.74, 6) is -0.225. The van der Waals surface area contributed by atoms with Crippen LogP contribution in [0.25, 0.3) is 0 Å². The van der Waals surface area contributed by atoms with Crippen LogP contribution < -0.4 is 0 Å². The highest BCUT2D eigenvalue weighted by molar-refractivity contribution is 6.55. The van der Waals surface area contributed by atoms with Crippen LogP contribution in [0.4, 0.5) is 5.69 Å². The molecule has 2 aromatic carbocycles. The lowest BCUT2D eigenvalue weighted by atomic mass is 9.83. The zero-order chi connectivity index (χ0) is 20.5. The number of Topliss-reactive ketones (excluding diaryl/α,β-unsaturated/α-hetero) is 2. The molecule has 0 N–H and O–H groups in total. The molecule has 150 valence electrons. The molecule has 0 bridgehead atoms. The molecule has 1 saturated heterocycles. The fraction of sp³-hybridized carbons (Fsp3) is 0.348. The quantitative estimate of drug-likeness (QED) is 0.771. The van der Waals surface area contributed by atoms with Crippen LogP contribution in [0.2, 0.25) is 5.02 Å². The normalized spacial score (nSPS) is 22.3. The molecule has 1 aliphatic heterocycles. The van der Waals surface area contributed by atoms with Crippen molar-refractivity contribution in [1.29, 1.82) is 0 Å². The topological polar surface area (TPSA) is 53.0 Å². The first kappa shape index (κ1) is 20.0. The minimum atomic E-state index is -0.651. The van der Waals surface area contributed by atoms with Crippen LogP contribution in [0.1, 0.15) is 34.6 Å². The van der Waals surface area contributed by atoms with Crippen molar-refractivity contribution < 1.29 is 9.59 Å². The summed E-state index contributed by atoms with van der Waals surface area (Å²) >= 11 is 5.98. The van der Waals surface area contributed by atoms with E-state index in [9.17, 15) is 9.59 Å². The fourth-order valence-corrected chi connectivity index (χ4v) is 4.17. The van der Waals surface area contributed by atoms with Crippen molar-refractivity contribution in [2.24, 2.45) is 4.99 Å². The van der Waals surface area contributed by atoms with Crippen LogP contribution in [0.15, 0.2) is 53.5 Å². The number of nitrogens with zero attached hydrogens (tertiary/aromatic N) is 3. The summed E-state index contributed by atoms with van der Waals surface area (Å²) in [6, 6.07) is 13.9. The van der Waals surface area contributed by atoms with E-state index < -0.39 is 6.04 Å². The second kappa shape index (κ2) is 8.19. The molecular formula is C23H24ClN3O2. The average molecular weight is 410 g/mol. The third kappa shape index (κ3) is 3.90. The number of hydrogen-bond acceptors (Lipinski definition) is 5. The highest BCUT2D eigenvalue weighted by atomic mass is 35.5. The average Bonchev–Trinajstić information content (AvgIpc) is 2.73. The Morgan fingerprint density at radius 3 is 2.17 bits per heavy atom. The van der Waals surface area contributed by atoms with Crippen LogP contribution in [0.5, 0.6) is 0 Å². The van der Waals surface area contributed by atoms with Gasteiger partial charge in [0.05, 0.1) is 5.69 Å². The number of halogens is 1. The molecule has 5 nitrogen and oxygen atoms in total. The second-order valence-corrected chi connectivity index (χ2v) is 8.22. The van der Waals surface area contributed by atoms with E-state index in [-0.39, 0.29) is 11.6 Å². The molecule has 0 saturated carbocycles. The lowest BCUT2D eigenvalue weighted by Crippen LogP contribution is -2.59. The molecule has 4 rings (SSSR count). The van der Waals surface area contributed by atoms with Gasteiger partial charge in [0.1, 0.15) is 11.8 Å². The van der Waals surface area contributed by atoms with Crippen LogP contribution >= 0.6 is 11.6 Å². The number of benzene rings is 2. The lowest BCUT2D eigenvalue weighted by molar-refractivity contribution is 0.0697. The second-order valence-electron chi connectivity index (χ2n) is 7.78. The van der Waals surface area contributed by atoms with Crippen molar-refractivity contribution in [3.05, 3.63) is 64.7 Å². The lowest BCUT2D eigenvalue weighted by Gasteiger charge is -2.41. The van der Waals surface area contributed by atoms with E-state index in [0.29, 0.717) is 33.6 Å². The van der Waals surface area contributed by atoms with Gasteiger partial charge in [0.15, 0.2) is 5.78 Å². The van der Waals surface area contributed by atoms with Gasteiger partial charge in [-0.25, -0.2) is 4.99 Å². The number of carbonyl (C=O) groups is 2. The predicted octanol–water partition coefficient (Wildman–Crippen LogP) is 3.89. The Morgan fingerprint density at radius 2 is 1.55 bits per heavy atom. The Kier molecular flexibility index (Phi) is 5.63.